The zero-order valence-corrected chi connectivity index (χ0v) is 9.95. The van der Waals surface area contributed by atoms with Crippen molar-refractivity contribution in [2.75, 3.05) is 11.5 Å². The van der Waals surface area contributed by atoms with Crippen LogP contribution in [0.2, 0.25) is 0 Å². The smallest absolute Gasteiger partial charge is 0.229 e. The third-order valence-corrected chi connectivity index (χ3v) is 6.59. The summed E-state index contributed by atoms with van der Waals surface area (Å²) in [5.74, 6) is 0. The van der Waals surface area contributed by atoms with Gasteiger partial charge in [-0.2, -0.15) is 0 Å². The highest BCUT2D eigenvalue weighted by Gasteiger charge is 2.25. The minimum atomic E-state index is -3.53. The Balaban J connectivity index is 2.64. The minimum Gasteiger partial charge on any atom is -0.397 e. The van der Waals surface area contributed by atoms with Crippen LogP contribution in [-0.4, -0.2) is 8.42 Å². The highest BCUT2D eigenvalue weighted by atomic mass is 32.3. The Bertz CT molecular complexity index is 536. The highest BCUT2D eigenvalue weighted by molar-refractivity contribution is 7.95. The fourth-order valence-corrected chi connectivity index (χ4v) is 5.15. The lowest BCUT2D eigenvalue weighted by molar-refractivity contribution is 0.600. The molecule has 0 radical (unpaired) electrons. The Morgan fingerprint density at radius 3 is 1.60 bits per heavy atom. The van der Waals surface area contributed by atoms with Crippen LogP contribution in [0.3, 0.4) is 0 Å². The summed E-state index contributed by atoms with van der Waals surface area (Å²) in [7, 11) is -3.53. The molecule has 4 nitrogen and oxygen atoms in total. The van der Waals surface area contributed by atoms with E-state index < -0.39 is 9.84 Å². The van der Waals surface area contributed by atoms with Gasteiger partial charge < -0.3 is 11.5 Å². The van der Waals surface area contributed by atoms with E-state index in [0.29, 0.717) is 0 Å². The Hall–Kier alpha value is -1.05. The summed E-state index contributed by atoms with van der Waals surface area (Å²) in [6.07, 6.45) is 0. The van der Waals surface area contributed by atoms with Gasteiger partial charge in [0, 0.05) is 0 Å². The molecular formula is C8H8N2O2S3. The Kier molecular flexibility index (Phi) is 2.45. The molecule has 2 heterocycles. The van der Waals surface area contributed by atoms with Gasteiger partial charge in [0.2, 0.25) is 9.84 Å². The number of sulfone groups is 1. The van der Waals surface area contributed by atoms with E-state index in [0.717, 1.165) is 22.7 Å². The van der Waals surface area contributed by atoms with Gasteiger partial charge in [-0.15, -0.1) is 22.7 Å². The topological polar surface area (TPSA) is 86.2 Å². The summed E-state index contributed by atoms with van der Waals surface area (Å²) in [6.45, 7) is 0. The molecule has 0 fully saturated rings. The molecule has 0 spiro atoms. The SMILES string of the molecule is Nc1ccsc1S(=O)(=O)c1sccc1N. The molecule has 0 amide bonds. The molecule has 80 valence electrons. The van der Waals surface area contributed by atoms with Crippen molar-refractivity contribution < 1.29 is 8.42 Å². The van der Waals surface area contributed by atoms with Crippen molar-refractivity contribution in [3.05, 3.63) is 22.9 Å². The van der Waals surface area contributed by atoms with Crippen LogP contribution in [-0.2, 0) is 9.84 Å². The fraction of sp³-hybridized carbons (Fsp3) is 0. The van der Waals surface area contributed by atoms with Crippen LogP contribution in [0, 0.1) is 0 Å². The molecule has 0 saturated heterocycles. The van der Waals surface area contributed by atoms with Crippen molar-refractivity contribution in [1.29, 1.82) is 0 Å². The molecule has 15 heavy (non-hydrogen) atoms. The summed E-state index contributed by atoms with van der Waals surface area (Å²) in [5.41, 5.74) is 11.7. The number of anilines is 2. The second-order valence-electron chi connectivity index (χ2n) is 2.83. The maximum absolute atomic E-state index is 12.1. The minimum absolute atomic E-state index is 0.164. The average Bonchev–Trinajstić information content (AvgIpc) is 2.73. The third kappa shape index (κ3) is 1.62. The van der Waals surface area contributed by atoms with E-state index in [1.165, 1.54) is 0 Å². The molecule has 0 aliphatic carbocycles. The lowest BCUT2D eigenvalue weighted by Crippen LogP contribution is -2.02. The first-order valence-electron chi connectivity index (χ1n) is 3.94. The van der Waals surface area contributed by atoms with Gasteiger partial charge in [-0.3, -0.25) is 0 Å². The summed E-state index contributed by atoms with van der Waals surface area (Å²) in [5, 5.41) is 3.29. The van der Waals surface area contributed by atoms with E-state index in [1.807, 2.05) is 0 Å². The molecule has 0 aliphatic heterocycles. The monoisotopic (exact) mass is 260 g/mol. The van der Waals surface area contributed by atoms with Gasteiger partial charge in [-0.25, -0.2) is 8.42 Å². The van der Waals surface area contributed by atoms with E-state index in [1.54, 1.807) is 22.9 Å². The Morgan fingerprint density at radius 2 is 1.33 bits per heavy atom. The first-order chi connectivity index (χ1) is 7.03. The zero-order valence-electron chi connectivity index (χ0n) is 7.51. The molecule has 0 atom stereocenters. The summed E-state index contributed by atoms with van der Waals surface area (Å²) < 4.78 is 24.4. The van der Waals surface area contributed by atoms with Crippen LogP contribution in [0.25, 0.3) is 0 Å². The van der Waals surface area contributed by atoms with Gasteiger partial charge in [0.25, 0.3) is 0 Å². The largest absolute Gasteiger partial charge is 0.397 e. The van der Waals surface area contributed by atoms with Crippen LogP contribution in [0.4, 0.5) is 11.4 Å². The number of nitrogen functional groups attached to an aromatic ring is 2. The van der Waals surface area contributed by atoms with Crippen molar-refractivity contribution in [3.8, 4) is 0 Å². The Labute approximate surface area is 95.1 Å². The maximum atomic E-state index is 12.1. The van der Waals surface area contributed by atoms with E-state index in [-0.39, 0.29) is 19.8 Å². The number of hydrogen-bond donors (Lipinski definition) is 2. The molecule has 0 unspecified atom stereocenters. The summed E-state index contributed by atoms with van der Waals surface area (Å²) >= 11 is 2.20. The quantitative estimate of drug-likeness (QED) is 0.862. The van der Waals surface area contributed by atoms with Gasteiger partial charge in [0.15, 0.2) is 0 Å². The Morgan fingerprint density at radius 1 is 0.933 bits per heavy atom. The average molecular weight is 260 g/mol. The van der Waals surface area contributed by atoms with Crippen molar-refractivity contribution in [2.45, 2.75) is 8.42 Å². The fourth-order valence-electron chi connectivity index (χ4n) is 1.13. The normalized spacial score (nSPS) is 11.7. The lowest BCUT2D eigenvalue weighted by atomic mass is 10.6. The van der Waals surface area contributed by atoms with Crippen LogP contribution >= 0.6 is 22.7 Å². The molecule has 0 aromatic carbocycles. The third-order valence-electron chi connectivity index (χ3n) is 1.80. The van der Waals surface area contributed by atoms with Gasteiger partial charge in [0.1, 0.15) is 8.42 Å². The first kappa shape index (κ1) is 10.5. The van der Waals surface area contributed by atoms with Crippen LogP contribution < -0.4 is 11.5 Å². The molecular weight excluding hydrogens is 252 g/mol. The van der Waals surface area contributed by atoms with Crippen molar-refractivity contribution >= 4 is 43.9 Å². The predicted molar refractivity (Wildman–Crippen MR) is 62.9 cm³/mol. The summed E-state index contributed by atoms with van der Waals surface area (Å²) in [6, 6.07) is 3.14. The van der Waals surface area contributed by atoms with Crippen molar-refractivity contribution in [3.63, 3.8) is 0 Å². The molecule has 0 saturated carbocycles. The predicted octanol–water partition coefficient (Wildman–Crippen LogP) is 1.81. The molecule has 7 heteroatoms. The number of nitrogens with two attached hydrogens (primary N) is 2. The second-order valence-corrected chi connectivity index (χ2v) is 7.00. The number of thiophene rings is 2. The number of rotatable bonds is 2. The van der Waals surface area contributed by atoms with Gasteiger partial charge in [-0.1, -0.05) is 0 Å². The van der Waals surface area contributed by atoms with E-state index in [9.17, 15) is 8.42 Å². The summed E-state index contributed by atoms with van der Waals surface area (Å²) in [4.78, 5) is 0. The lowest BCUT2D eigenvalue weighted by Gasteiger charge is -2.01. The molecule has 4 N–H and O–H groups in total. The van der Waals surface area contributed by atoms with E-state index >= 15 is 0 Å². The second kappa shape index (κ2) is 3.51. The molecule has 0 aliphatic rings. The molecule has 2 aromatic heterocycles. The molecule has 2 rings (SSSR count). The van der Waals surface area contributed by atoms with Gasteiger partial charge >= 0.3 is 0 Å². The molecule has 2 aromatic rings. The maximum Gasteiger partial charge on any atom is 0.229 e. The van der Waals surface area contributed by atoms with Crippen LogP contribution in [0.1, 0.15) is 0 Å². The van der Waals surface area contributed by atoms with Crippen molar-refractivity contribution in [2.24, 2.45) is 0 Å². The van der Waals surface area contributed by atoms with Crippen molar-refractivity contribution in [1.82, 2.24) is 0 Å². The number of hydrogen-bond acceptors (Lipinski definition) is 6. The van der Waals surface area contributed by atoms with Crippen LogP contribution in [0.15, 0.2) is 31.3 Å². The molecule has 0 bridgehead atoms. The highest BCUT2D eigenvalue weighted by Crippen LogP contribution is 2.35. The van der Waals surface area contributed by atoms with Gasteiger partial charge in [-0.05, 0) is 22.9 Å². The van der Waals surface area contributed by atoms with E-state index in [4.69, 9.17) is 11.5 Å². The van der Waals surface area contributed by atoms with E-state index in [2.05, 4.69) is 0 Å². The zero-order chi connectivity index (χ0) is 11.1. The standard InChI is InChI=1S/C8H8N2O2S3/c9-5-1-3-13-7(5)15(11,12)8-6(10)2-4-14-8/h1-4H,9-10H2. The van der Waals surface area contributed by atoms with Crippen LogP contribution in [0.5, 0.6) is 0 Å². The van der Waals surface area contributed by atoms with Gasteiger partial charge in [0.05, 0.1) is 11.4 Å². The first-order valence-corrected chi connectivity index (χ1v) is 7.19.